The van der Waals surface area contributed by atoms with E-state index < -0.39 is 73.7 Å². The van der Waals surface area contributed by atoms with Gasteiger partial charge in [-0.1, -0.05) is 0 Å². The Morgan fingerprint density at radius 1 is 0.875 bits per heavy atom. The molecule has 12 nitrogen and oxygen atoms in total. The summed E-state index contributed by atoms with van der Waals surface area (Å²) >= 11 is 0. The number of carboxylic acid groups (broad SMARTS) is 2. The van der Waals surface area contributed by atoms with Crippen LogP contribution in [0.1, 0.15) is 6.42 Å². The van der Waals surface area contributed by atoms with Crippen LogP contribution < -0.4 is 0 Å². The van der Waals surface area contributed by atoms with Gasteiger partial charge in [0.1, 0.15) is 24.4 Å². The predicted octanol–water partition coefficient (Wildman–Crippen LogP) is -4.18. The van der Waals surface area contributed by atoms with Crippen molar-refractivity contribution in [2.24, 2.45) is 0 Å². The summed E-state index contributed by atoms with van der Waals surface area (Å²) in [7, 11) is 0. The molecule has 0 radical (unpaired) electrons. The monoisotopic (exact) mass is 354 g/mol. The summed E-state index contributed by atoms with van der Waals surface area (Å²) in [6.07, 6.45) is -16.6. The minimum atomic E-state index is -1.99. The number of aliphatic carboxylic acids is 2. The molecule has 0 aromatic rings. The van der Waals surface area contributed by atoms with Crippen molar-refractivity contribution in [1.82, 2.24) is 0 Å². The maximum Gasteiger partial charge on any atom is 0.335 e. The van der Waals surface area contributed by atoms with Crippen molar-refractivity contribution in [1.29, 1.82) is 0 Å². The Morgan fingerprint density at radius 3 is 2.04 bits per heavy atom. The number of carbonyl (C=O) groups is 2. The van der Waals surface area contributed by atoms with Crippen LogP contribution >= 0.6 is 0 Å². The second-order valence-corrected chi connectivity index (χ2v) is 5.49. The van der Waals surface area contributed by atoms with Gasteiger partial charge in [-0.2, -0.15) is 0 Å². The summed E-state index contributed by atoms with van der Waals surface area (Å²) < 4.78 is 14.6. The van der Waals surface area contributed by atoms with Crippen molar-refractivity contribution >= 4 is 11.9 Å². The summed E-state index contributed by atoms with van der Waals surface area (Å²) in [5.74, 6) is -3.09. The van der Waals surface area contributed by atoms with Gasteiger partial charge in [0.15, 0.2) is 24.8 Å². The number of aliphatic hydroxyl groups excluding tert-OH is 5. The highest BCUT2D eigenvalue weighted by molar-refractivity contribution is 5.73. The molecule has 24 heavy (non-hydrogen) atoms. The van der Waals surface area contributed by atoms with Crippen LogP contribution in [0.4, 0.5) is 0 Å². The van der Waals surface area contributed by atoms with Crippen LogP contribution in [0.2, 0.25) is 0 Å². The molecule has 0 amide bonds. The van der Waals surface area contributed by atoms with Crippen LogP contribution in [0.15, 0.2) is 0 Å². The average Bonchev–Trinajstić information content (AvgIpc) is 2.51. The van der Waals surface area contributed by atoms with Gasteiger partial charge < -0.3 is 50.0 Å². The molecule has 12 heteroatoms. The molecule has 0 aromatic heterocycles. The fraction of sp³-hybridized carbons (Fsp3) is 0.833. The zero-order chi connectivity index (χ0) is 18.2. The Morgan fingerprint density at radius 2 is 1.50 bits per heavy atom. The summed E-state index contributed by atoms with van der Waals surface area (Å²) in [6.45, 7) is 0. The maximum atomic E-state index is 11.2. The normalized spacial score (nSPS) is 46.5. The minimum Gasteiger partial charge on any atom is -0.479 e. The minimum absolute atomic E-state index is 0.427. The Hall–Kier alpha value is -1.38. The maximum absolute atomic E-state index is 11.2. The van der Waals surface area contributed by atoms with Crippen molar-refractivity contribution in [3.05, 3.63) is 0 Å². The molecule has 2 heterocycles. The lowest BCUT2D eigenvalue weighted by Gasteiger charge is -2.42. The number of rotatable bonds is 4. The lowest BCUT2D eigenvalue weighted by Crippen LogP contribution is -2.63. The molecular weight excluding hydrogens is 336 g/mol. The number of ether oxygens (including phenoxy) is 3. The van der Waals surface area contributed by atoms with Crippen molar-refractivity contribution < 1.29 is 59.5 Å². The first-order valence-corrected chi connectivity index (χ1v) is 6.95. The Labute approximate surface area is 134 Å². The number of carboxylic acids is 2. The first-order chi connectivity index (χ1) is 11.1. The quantitative estimate of drug-likeness (QED) is 0.257. The topological polar surface area (TPSA) is 203 Å². The van der Waals surface area contributed by atoms with Gasteiger partial charge >= 0.3 is 11.9 Å². The third-order valence-electron chi connectivity index (χ3n) is 3.80. The Kier molecular flexibility index (Phi) is 5.72. The van der Waals surface area contributed by atoms with Gasteiger partial charge in [0.05, 0.1) is 6.10 Å². The van der Waals surface area contributed by atoms with Crippen molar-refractivity contribution in [2.75, 3.05) is 0 Å². The zero-order valence-corrected chi connectivity index (χ0v) is 12.1. The van der Waals surface area contributed by atoms with E-state index in [0.29, 0.717) is 0 Å². The lowest BCUT2D eigenvalue weighted by atomic mass is 9.97. The standard InChI is InChI=1S/C12H18O12/c13-2-1-3(9(17)18)22-12(4(2)14)24-7-5(15)6(16)11(21)23-8(7)10(19)20/h2-8,11-16,21H,1H2,(H,17,18)(H,19,20)/t2-,3-,4-,5+,6-,7-,8-,11-,12-/m0/s1. The highest BCUT2D eigenvalue weighted by atomic mass is 16.7. The van der Waals surface area contributed by atoms with E-state index >= 15 is 0 Å². The predicted molar refractivity (Wildman–Crippen MR) is 68.3 cm³/mol. The van der Waals surface area contributed by atoms with Crippen molar-refractivity contribution in [3.63, 3.8) is 0 Å². The molecule has 7 N–H and O–H groups in total. The number of hydrogen-bond donors (Lipinski definition) is 7. The summed E-state index contributed by atoms with van der Waals surface area (Å²) in [5, 5.41) is 66.3. The fourth-order valence-corrected chi connectivity index (χ4v) is 2.47. The van der Waals surface area contributed by atoms with Gasteiger partial charge in [-0.15, -0.1) is 0 Å². The first kappa shape index (κ1) is 19.0. The van der Waals surface area contributed by atoms with E-state index in [1.54, 1.807) is 0 Å². The smallest absolute Gasteiger partial charge is 0.335 e. The molecule has 2 aliphatic rings. The van der Waals surface area contributed by atoms with Crippen LogP contribution in [0, 0.1) is 0 Å². The molecule has 9 atom stereocenters. The molecule has 0 saturated carbocycles. The van der Waals surface area contributed by atoms with Gasteiger partial charge in [0.2, 0.25) is 0 Å². The van der Waals surface area contributed by atoms with Crippen LogP contribution in [0.5, 0.6) is 0 Å². The largest absolute Gasteiger partial charge is 0.479 e. The van der Waals surface area contributed by atoms with Crippen molar-refractivity contribution in [2.45, 2.75) is 61.7 Å². The summed E-state index contributed by atoms with van der Waals surface area (Å²) in [5.41, 5.74) is 0. The second kappa shape index (κ2) is 7.25. The molecule has 2 rings (SSSR count). The van der Waals surface area contributed by atoms with E-state index in [-0.39, 0.29) is 0 Å². The lowest BCUT2D eigenvalue weighted by molar-refractivity contribution is -0.336. The van der Waals surface area contributed by atoms with Crippen molar-refractivity contribution in [3.8, 4) is 0 Å². The van der Waals surface area contributed by atoms with Crippen LogP contribution in [-0.4, -0.2) is 103 Å². The van der Waals surface area contributed by atoms with E-state index in [0.717, 1.165) is 0 Å². The van der Waals surface area contributed by atoms with Gasteiger partial charge in [-0.3, -0.25) is 0 Å². The molecule has 2 fully saturated rings. The molecule has 2 aliphatic heterocycles. The Bertz CT molecular complexity index is 483. The first-order valence-electron chi connectivity index (χ1n) is 6.95. The third-order valence-corrected chi connectivity index (χ3v) is 3.80. The molecule has 138 valence electrons. The summed E-state index contributed by atoms with van der Waals surface area (Å²) in [4.78, 5) is 22.1. The summed E-state index contributed by atoms with van der Waals surface area (Å²) in [6, 6.07) is 0. The molecule has 0 aromatic carbocycles. The molecule has 0 spiro atoms. The van der Waals surface area contributed by atoms with E-state index in [4.69, 9.17) is 19.7 Å². The van der Waals surface area contributed by atoms with E-state index in [2.05, 4.69) is 4.74 Å². The van der Waals surface area contributed by atoms with Gasteiger partial charge in [-0.05, 0) is 0 Å². The van der Waals surface area contributed by atoms with Gasteiger partial charge in [0, 0.05) is 6.42 Å². The highest BCUT2D eigenvalue weighted by Crippen LogP contribution is 2.28. The average molecular weight is 354 g/mol. The van der Waals surface area contributed by atoms with E-state index in [9.17, 15) is 35.1 Å². The molecule has 0 aliphatic carbocycles. The van der Waals surface area contributed by atoms with Crippen LogP contribution in [0.3, 0.4) is 0 Å². The number of hydrogen-bond acceptors (Lipinski definition) is 10. The zero-order valence-electron chi connectivity index (χ0n) is 12.1. The second-order valence-electron chi connectivity index (χ2n) is 5.49. The van der Waals surface area contributed by atoms with Crippen LogP contribution in [-0.2, 0) is 23.8 Å². The van der Waals surface area contributed by atoms with E-state index in [1.165, 1.54) is 0 Å². The van der Waals surface area contributed by atoms with Gasteiger partial charge in [0.25, 0.3) is 0 Å². The fourth-order valence-electron chi connectivity index (χ4n) is 2.47. The molecule has 0 bridgehead atoms. The molecule has 0 unspecified atom stereocenters. The molecule has 2 saturated heterocycles. The van der Waals surface area contributed by atoms with Crippen LogP contribution in [0.25, 0.3) is 0 Å². The molecular formula is C12H18O12. The SMILES string of the molecule is O=C(O)[C@@H]1C[C@H](O)[C@H](O)[C@H](O[C@H]2[C@H](O)[C@H](O)[C@@H](O)O[C@@H]2C(=O)O)O1. The highest BCUT2D eigenvalue weighted by Gasteiger charge is 2.51. The third kappa shape index (κ3) is 3.65. The number of aliphatic hydroxyl groups is 5. The van der Waals surface area contributed by atoms with E-state index in [1.807, 2.05) is 0 Å². The Balaban J connectivity index is 2.18. The van der Waals surface area contributed by atoms with Gasteiger partial charge in [-0.25, -0.2) is 9.59 Å².